The summed E-state index contributed by atoms with van der Waals surface area (Å²) in [6.45, 7) is 0.278. The van der Waals surface area contributed by atoms with E-state index in [1.165, 1.54) is 7.05 Å². The van der Waals surface area contributed by atoms with Crippen LogP contribution in [0.15, 0.2) is 24.3 Å². The Balaban J connectivity index is 2.50. The van der Waals surface area contributed by atoms with Crippen molar-refractivity contribution in [2.45, 2.75) is 6.42 Å². The van der Waals surface area contributed by atoms with E-state index in [9.17, 15) is 18.0 Å². The third kappa shape index (κ3) is 5.24. The first-order valence-corrected chi connectivity index (χ1v) is 6.72. The van der Waals surface area contributed by atoms with Crippen LogP contribution in [0.4, 0.5) is 5.69 Å². The van der Waals surface area contributed by atoms with E-state index in [0.29, 0.717) is 12.1 Å². The number of hydroxylamine groups is 1. The third-order valence-electron chi connectivity index (χ3n) is 2.41. The van der Waals surface area contributed by atoms with Gasteiger partial charge in [0.1, 0.15) is 0 Å². The molecular weight excluding hydrogens is 286 g/mol. The van der Waals surface area contributed by atoms with Crippen molar-refractivity contribution in [1.82, 2.24) is 5.32 Å². The van der Waals surface area contributed by atoms with Crippen LogP contribution in [0.2, 0.25) is 0 Å². The highest BCUT2D eigenvalue weighted by atomic mass is 32.2. The number of hydrogen-bond donors (Lipinski definition) is 3. The molecule has 0 heterocycles. The maximum Gasteiger partial charge on any atom is 0.309 e. The summed E-state index contributed by atoms with van der Waals surface area (Å²) in [6.07, 6.45) is 0.514. The number of nitrogens with one attached hydrogen (secondary N) is 1. The Hall–Kier alpha value is -2.13. The van der Waals surface area contributed by atoms with Crippen molar-refractivity contribution in [3.8, 4) is 0 Å². The maximum absolute atomic E-state index is 10.9. The summed E-state index contributed by atoms with van der Waals surface area (Å²) in [5.74, 6) is -1.85. The summed E-state index contributed by atoms with van der Waals surface area (Å²) in [5, 5.41) is 3.48. The molecule has 20 heavy (non-hydrogen) atoms. The highest BCUT2D eigenvalue weighted by molar-refractivity contribution is 7.67. The first kappa shape index (κ1) is 15.9. The van der Waals surface area contributed by atoms with Crippen molar-refractivity contribution in [2.24, 2.45) is 5.73 Å². The highest BCUT2D eigenvalue weighted by Crippen LogP contribution is 2.14. The number of thiol groups is 1. The molecule has 110 valence electrons. The first-order chi connectivity index (χ1) is 9.40. The van der Waals surface area contributed by atoms with Crippen LogP contribution in [-0.4, -0.2) is 33.8 Å². The Bertz CT molecular complexity index is 548. The van der Waals surface area contributed by atoms with Crippen LogP contribution in [0.25, 0.3) is 0 Å². The van der Waals surface area contributed by atoms with E-state index in [1.54, 1.807) is 24.3 Å². The average Bonchev–Trinajstić information content (AvgIpc) is 2.38. The van der Waals surface area contributed by atoms with Gasteiger partial charge in [0.2, 0.25) is 0 Å². The van der Waals surface area contributed by atoms with Gasteiger partial charge in [-0.15, -0.1) is 0 Å². The zero-order valence-corrected chi connectivity index (χ0v) is 11.6. The molecule has 0 spiro atoms. The number of anilines is 1. The molecular formula is C11H15N3O5S. The number of primary amides is 1. The highest BCUT2D eigenvalue weighted by Gasteiger charge is 2.07. The first-order valence-electron chi connectivity index (χ1n) is 5.63. The SMILES string of the molecule is CN(O[SH](=O)=O)c1ccc(CCNC(=O)C(N)=O)cc1. The lowest BCUT2D eigenvalue weighted by Crippen LogP contribution is -2.37. The summed E-state index contributed by atoms with van der Waals surface area (Å²) in [5.41, 5.74) is 6.25. The van der Waals surface area contributed by atoms with Crippen LogP contribution in [0.1, 0.15) is 5.56 Å². The standard InChI is InChI=1S/C11H15N3O5S/c1-14(19-20(17)18)9-4-2-8(3-5-9)6-7-13-11(16)10(12)15/h2-5,20H,6-7H2,1H3,(H2,12,15)(H,13,16). The minimum atomic E-state index is -2.96. The van der Waals surface area contributed by atoms with E-state index in [-0.39, 0.29) is 6.54 Å². The van der Waals surface area contributed by atoms with Crippen molar-refractivity contribution in [3.05, 3.63) is 29.8 Å². The Labute approximate surface area is 117 Å². The lowest BCUT2D eigenvalue weighted by atomic mass is 10.1. The number of carbonyl (C=O) groups is 2. The molecule has 1 aromatic carbocycles. The van der Waals surface area contributed by atoms with Gasteiger partial charge in [0.25, 0.3) is 11.0 Å². The van der Waals surface area contributed by atoms with Gasteiger partial charge in [-0.05, 0) is 24.1 Å². The molecule has 9 heteroatoms. The van der Waals surface area contributed by atoms with Crippen molar-refractivity contribution < 1.29 is 22.3 Å². The van der Waals surface area contributed by atoms with E-state index in [1.807, 2.05) is 0 Å². The van der Waals surface area contributed by atoms with Crippen molar-refractivity contribution in [3.63, 3.8) is 0 Å². The Morgan fingerprint density at radius 2 is 1.90 bits per heavy atom. The van der Waals surface area contributed by atoms with E-state index < -0.39 is 22.8 Å². The third-order valence-corrected chi connectivity index (χ3v) is 2.79. The van der Waals surface area contributed by atoms with Gasteiger partial charge in [0.15, 0.2) is 0 Å². The number of nitrogens with zero attached hydrogens (tertiary/aromatic N) is 1. The molecule has 0 aromatic heterocycles. The fourth-order valence-corrected chi connectivity index (χ4v) is 1.72. The summed E-state index contributed by atoms with van der Waals surface area (Å²) < 4.78 is 25.3. The summed E-state index contributed by atoms with van der Waals surface area (Å²) >= 11 is 0. The van der Waals surface area contributed by atoms with Crippen LogP contribution in [-0.2, 0) is 31.3 Å². The average molecular weight is 301 g/mol. The van der Waals surface area contributed by atoms with Crippen LogP contribution in [0, 0.1) is 0 Å². The second-order valence-electron chi connectivity index (χ2n) is 3.84. The van der Waals surface area contributed by atoms with Gasteiger partial charge in [0, 0.05) is 13.6 Å². The Morgan fingerprint density at radius 1 is 1.30 bits per heavy atom. The maximum atomic E-state index is 10.9. The van der Waals surface area contributed by atoms with Crippen LogP contribution in [0.3, 0.4) is 0 Å². The number of nitrogens with two attached hydrogens (primary N) is 1. The van der Waals surface area contributed by atoms with E-state index in [4.69, 9.17) is 5.73 Å². The molecule has 3 N–H and O–H groups in total. The monoisotopic (exact) mass is 301 g/mol. The van der Waals surface area contributed by atoms with Crippen molar-refractivity contribution in [2.75, 3.05) is 18.7 Å². The number of carbonyl (C=O) groups excluding carboxylic acids is 2. The van der Waals surface area contributed by atoms with Gasteiger partial charge in [-0.3, -0.25) is 9.59 Å². The van der Waals surface area contributed by atoms with Gasteiger partial charge in [-0.1, -0.05) is 12.1 Å². The fraction of sp³-hybridized carbons (Fsp3) is 0.273. The van der Waals surface area contributed by atoms with Crippen LogP contribution in [0.5, 0.6) is 0 Å². The number of hydrogen-bond acceptors (Lipinski definition) is 6. The van der Waals surface area contributed by atoms with Gasteiger partial charge < -0.3 is 11.1 Å². The molecule has 0 fully saturated rings. The van der Waals surface area contributed by atoms with Crippen molar-refractivity contribution >= 4 is 28.5 Å². The molecule has 0 aliphatic carbocycles. The smallest absolute Gasteiger partial charge is 0.309 e. The summed E-state index contributed by atoms with van der Waals surface area (Å²) in [7, 11) is -1.49. The van der Waals surface area contributed by atoms with Gasteiger partial charge in [-0.2, -0.15) is 4.28 Å². The number of amides is 2. The summed E-state index contributed by atoms with van der Waals surface area (Å²) in [4.78, 5) is 21.4. The number of rotatable bonds is 6. The van der Waals surface area contributed by atoms with E-state index >= 15 is 0 Å². The van der Waals surface area contributed by atoms with Gasteiger partial charge in [0.05, 0.1) is 5.69 Å². The molecule has 0 radical (unpaired) electrons. The largest absolute Gasteiger partial charge is 0.361 e. The fourth-order valence-electron chi connectivity index (χ4n) is 1.43. The molecule has 0 aliphatic rings. The quantitative estimate of drug-likeness (QED) is 0.342. The zero-order valence-electron chi connectivity index (χ0n) is 10.7. The predicted molar refractivity (Wildman–Crippen MR) is 72.2 cm³/mol. The molecule has 0 bridgehead atoms. The number of benzene rings is 1. The Kier molecular flexibility index (Phi) is 5.94. The minimum Gasteiger partial charge on any atom is -0.361 e. The zero-order chi connectivity index (χ0) is 15.1. The minimum absolute atomic E-state index is 0.278. The molecule has 0 saturated carbocycles. The normalized spacial score (nSPS) is 10.3. The lowest BCUT2D eigenvalue weighted by Gasteiger charge is -2.14. The molecule has 0 aliphatic heterocycles. The van der Waals surface area contributed by atoms with Gasteiger partial charge >= 0.3 is 11.8 Å². The second kappa shape index (κ2) is 7.46. The molecule has 1 aromatic rings. The van der Waals surface area contributed by atoms with Crippen molar-refractivity contribution in [1.29, 1.82) is 0 Å². The van der Waals surface area contributed by atoms with Crippen LogP contribution < -0.4 is 16.1 Å². The molecule has 8 nitrogen and oxygen atoms in total. The Morgan fingerprint density at radius 3 is 2.40 bits per heavy atom. The lowest BCUT2D eigenvalue weighted by molar-refractivity contribution is -0.137. The molecule has 0 unspecified atom stereocenters. The molecule has 1 rings (SSSR count). The molecule has 0 atom stereocenters. The molecule has 2 amide bonds. The topological polar surface area (TPSA) is 119 Å². The predicted octanol–water partition coefficient (Wildman–Crippen LogP) is -1.28. The second-order valence-corrected chi connectivity index (χ2v) is 4.45. The van der Waals surface area contributed by atoms with E-state index in [0.717, 1.165) is 10.6 Å². The van der Waals surface area contributed by atoms with Crippen LogP contribution >= 0.6 is 0 Å². The summed E-state index contributed by atoms with van der Waals surface area (Å²) in [6, 6.07) is 6.85. The molecule has 0 saturated heterocycles. The van der Waals surface area contributed by atoms with Gasteiger partial charge in [-0.25, -0.2) is 13.5 Å². The van der Waals surface area contributed by atoms with E-state index in [2.05, 4.69) is 9.60 Å².